The predicted octanol–water partition coefficient (Wildman–Crippen LogP) is -0.413. The predicted molar refractivity (Wildman–Crippen MR) is 99.9 cm³/mol. The number of carbonyl (C=O) groups excluding carboxylic acids is 4. The number of ether oxygens (including phenoxy) is 5. The van der Waals surface area contributed by atoms with Crippen LogP contribution < -0.4 is 9.75 Å². The molecule has 0 radical (unpaired) electrons. The molecule has 1 aliphatic heterocycles. The van der Waals surface area contributed by atoms with E-state index in [1.807, 2.05) is 0 Å². The van der Waals surface area contributed by atoms with E-state index in [0.29, 0.717) is 20.7 Å². The maximum atomic E-state index is 12.3. The molecule has 1 saturated heterocycles. The molecule has 0 unspecified atom stereocenters. The van der Waals surface area contributed by atoms with E-state index in [-0.39, 0.29) is 0 Å². The van der Waals surface area contributed by atoms with E-state index >= 15 is 0 Å². The van der Waals surface area contributed by atoms with Crippen LogP contribution in [0.25, 0.3) is 0 Å². The van der Waals surface area contributed by atoms with Gasteiger partial charge in [0.2, 0.25) is 6.29 Å². The van der Waals surface area contributed by atoms with Gasteiger partial charge in [0.1, 0.15) is 18.8 Å². The Morgan fingerprint density at radius 2 is 1.33 bits per heavy atom. The highest BCUT2D eigenvalue weighted by molar-refractivity contribution is 7.67. The molecule has 5 atom stereocenters. The van der Waals surface area contributed by atoms with Crippen molar-refractivity contribution in [2.75, 3.05) is 6.61 Å². The molecule has 12 nitrogen and oxygen atoms in total. The second kappa shape index (κ2) is 9.95. The average molecular weight is 465 g/mol. The van der Waals surface area contributed by atoms with E-state index in [0.717, 1.165) is 32.3 Å². The van der Waals surface area contributed by atoms with Gasteiger partial charge < -0.3 is 23.7 Å². The van der Waals surface area contributed by atoms with Crippen LogP contribution in [0.15, 0.2) is 9.59 Å². The summed E-state index contributed by atoms with van der Waals surface area (Å²) in [7, 11) is 1.24. The molecule has 0 aromatic carbocycles. The first-order valence-corrected chi connectivity index (χ1v) is 10.7. The van der Waals surface area contributed by atoms with Gasteiger partial charge in [-0.25, -0.2) is 4.57 Å². The maximum absolute atomic E-state index is 12.3. The van der Waals surface area contributed by atoms with Gasteiger partial charge in [-0.2, -0.15) is 0 Å². The van der Waals surface area contributed by atoms with Crippen LogP contribution in [0.1, 0.15) is 33.7 Å². The van der Waals surface area contributed by atoms with Crippen molar-refractivity contribution >= 4 is 44.6 Å². The Bertz CT molecular complexity index is 905. The summed E-state index contributed by atoms with van der Waals surface area (Å²) in [5.41, 5.74) is 0. The largest absolute Gasteiger partial charge is 0.463 e. The van der Waals surface area contributed by atoms with Gasteiger partial charge in [0.15, 0.2) is 12.2 Å². The minimum Gasteiger partial charge on any atom is -0.463 e. The van der Waals surface area contributed by atoms with Crippen LogP contribution in [0.5, 0.6) is 0 Å². The van der Waals surface area contributed by atoms with Crippen molar-refractivity contribution in [1.82, 2.24) is 4.57 Å². The van der Waals surface area contributed by atoms with E-state index in [2.05, 4.69) is 0 Å². The van der Waals surface area contributed by atoms with Crippen LogP contribution in [0, 0.1) is 0 Å². The quantitative estimate of drug-likeness (QED) is 0.306. The number of nitrogens with zero attached hydrogens (tertiary/aromatic N) is 1. The molecule has 0 amide bonds. The van der Waals surface area contributed by atoms with Crippen LogP contribution >= 0.6 is 20.7 Å². The summed E-state index contributed by atoms with van der Waals surface area (Å²) in [4.78, 5) is 69.5. The number of esters is 4. The molecule has 1 aliphatic rings. The van der Waals surface area contributed by atoms with Crippen molar-refractivity contribution in [3.05, 3.63) is 19.3 Å². The summed E-state index contributed by atoms with van der Waals surface area (Å²) in [5.74, 6) is -3.10. The standard InChI is InChI=1S/C16H19NO11S2/c1-6(18)24-5-10-12(25-7(2)19)13(26-8(3)20)11(14(28-10)27-9(4)21)17-15(22)29-30-16(17)23/h10-14H,5H2,1-4H3/t10-,11-,12-,13-,14-/m1/s1. The summed E-state index contributed by atoms with van der Waals surface area (Å²) in [6, 6.07) is -1.45. The van der Waals surface area contributed by atoms with E-state index in [1.165, 1.54) is 0 Å². The van der Waals surface area contributed by atoms with Crippen LogP contribution in [-0.4, -0.2) is 59.7 Å². The molecule has 0 bridgehead atoms. The zero-order valence-electron chi connectivity index (χ0n) is 16.3. The first-order chi connectivity index (χ1) is 14.0. The summed E-state index contributed by atoms with van der Waals surface area (Å²) >= 11 is 0. The molecule has 0 spiro atoms. The van der Waals surface area contributed by atoms with Crippen molar-refractivity contribution < 1.29 is 42.9 Å². The number of carbonyl (C=O) groups is 4. The highest BCUT2D eigenvalue weighted by Crippen LogP contribution is 2.34. The zero-order chi connectivity index (χ0) is 22.6. The lowest BCUT2D eigenvalue weighted by Crippen LogP contribution is -2.61. The number of hydrogen-bond acceptors (Lipinski definition) is 13. The second-order valence-electron chi connectivity index (χ2n) is 6.16. The average Bonchev–Trinajstić information content (AvgIpc) is 2.93. The van der Waals surface area contributed by atoms with Crippen molar-refractivity contribution in [2.24, 2.45) is 0 Å². The molecular weight excluding hydrogens is 446 g/mol. The van der Waals surface area contributed by atoms with Gasteiger partial charge in [-0.05, 0) is 20.7 Å². The molecule has 2 heterocycles. The molecule has 30 heavy (non-hydrogen) atoms. The van der Waals surface area contributed by atoms with Gasteiger partial charge in [0.25, 0.3) is 0 Å². The fourth-order valence-electron chi connectivity index (χ4n) is 2.89. The first kappa shape index (κ1) is 23.7. The van der Waals surface area contributed by atoms with Crippen LogP contribution in [0.2, 0.25) is 0 Å². The number of hydrogen-bond donors (Lipinski definition) is 0. The summed E-state index contributed by atoms with van der Waals surface area (Å²) in [6.07, 6.45) is -5.64. The minimum absolute atomic E-state index is 0.444. The molecule has 0 saturated carbocycles. The molecule has 166 valence electrons. The highest BCUT2D eigenvalue weighted by atomic mass is 32.9. The van der Waals surface area contributed by atoms with Gasteiger partial charge in [-0.1, -0.05) is 0 Å². The van der Waals surface area contributed by atoms with E-state index in [1.54, 1.807) is 0 Å². The van der Waals surface area contributed by atoms with Gasteiger partial charge in [0, 0.05) is 27.7 Å². The van der Waals surface area contributed by atoms with Gasteiger partial charge >= 0.3 is 33.6 Å². The van der Waals surface area contributed by atoms with Gasteiger partial charge in [-0.3, -0.25) is 28.8 Å². The van der Waals surface area contributed by atoms with Crippen molar-refractivity contribution in [1.29, 1.82) is 0 Å². The van der Waals surface area contributed by atoms with Crippen molar-refractivity contribution in [2.45, 2.75) is 58.3 Å². The fourth-order valence-corrected chi connectivity index (χ4v) is 4.57. The molecule has 14 heteroatoms. The molecule has 0 N–H and O–H groups in total. The highest BCUT2D eigenvalue weighted by Gasteiger charge is 2.53. The normalized spacial score (nSPS) is 25.8. The zero-order valence-corrected chi connectivity index (χ0v) is 18.0. The van der Waals surface area contributed by atoms with Crippen molar-refractivity contribution in [3.8, 4) is 0 Å². The minimum atomic E-state index is -1.58. The molecule has 1 aromatic rings. The maximum Gasteiger partial charge on any atom is 0.321 e. The first-order valence-electron chi connectivity index (χ1n) is 8.53. The Morgan fingerprint density at radius 1 is 0.833 bits per heavy atom. The Balaban J connectivity index is 2.61. The van der Waals surface area contributed by atoms with E-state index in [9.17, 15) is 28.8 Å². The fraction of sp³-hybridized carbons (Fsp3) is 0.625. The molecule has 0 aliphatic carbocycles. The van der Waals surface area contributed by atoms with Crippen LogP contribution in [0.3, 0.4) is 0 Å². The third-order valence-electron chi connectivity index (χ3n) is 3.83. The van der Waals surface area contributed by atoms with E-state index in [4.69, 9.17) is 23.7 Å². The Morgan fingerprint density at radius 3 is 1.80 bits per heavy atom. The molecular formula is C16H19NO11S2. The monoisotopic (exact) mass is 465 g/mol. The Labute approximate surface area is 176 Å². The number of aromatic nitrogens is 1. The molecule has 1 fully saturated rings. The van der Waals surface area contributed by atoms with Crippen molar-refractivity contribution in [3.63, 3.8) is 0 Å². The SMILES string of the molecule is CC(=O)OC[C@H]1O[C@@H](OC(C)=O)[C@H](n2c(=O)ssc2=O)[C@@H](OC(C)=O)[C@@H]1OC(C)=O. The lowest BCUT2D eigenvalue weighted by Gasteiger charge is -2.44. The smallest absolute Gasteiger partial charge is 0.321 e. The third kappa shape index (κ3) is 5.73. The summed E-state index contributed by atoms with van der Waals surface area (Å²) < 4.78 is 26.9. The van der Waals surface area contributed by atoms with Gasteiger partial charge in [-0.15, -0.1) is 0 Å². The summed E-state index contributed by atoms with van der Waals surface area (Å²) in [6.45, 7) is 3.91. The lowest BCUT2D eigenvalue weighted by molar-refractivity contribution is -0.279. The number of rotatable bonds is 6. The third-order valence-corrected chi connectivity index (χ3v) is 5.69. The Kier molecular flexibility index (Phi) is 7.86. The summed E-state index contributed by atoms with van der Waals surface area (Å²) in [5, 5.41) is 0. The van der Waals surface area contributed by atoms with Gasteiger partial charge in [0.05, 0.1) is 0 Å². The van der Waals surface area contributed by atoms with E-state index < -0.39 is 70.9 Å². The second-order valence-corrected chi connectivity index (χ2v) is 8.19. The molecule has 2 rings (SSSR count). The lowest BCUT2D eigenvalue weighted by atomic mass is 9.96. The van der Waals surface area contributed by atoms with Crippen LogP contribution in [0.4, 0.5) is 0 Å². The Hall–Kier alpha value is -2.58. The molecule has 1 aromatic heterocycles. The van der Waals surface area contributed by atoms with Crippen LogP contribution in [-0.2, 0) is 42.9 Å². The topological polar surface area (TPSA) is 154 Å².